The minimum Gasteiger partial charge on any atom is -0.458 e. The molecule has 2 aromatic rings. The Morgan fingerprint density at radius 1 is 0.851 bits per heavy atom. The molecule has 0 bridgehead atoms. The maximum Gasteiger partial charge on any atom is 0.408 e. The lowest BCUT2D eigenvalue weighted by molar-refractivity contribution is -0.159. The Bertz CT molecular complexity index is 1380. The van der Waals surface area contributed by atoms with Gasteiger partial charge in [0, 0.05) is 12.0 Å². The van der Waals surface area contributed by atoms with Gasteiger partial charge in [0.25, 0.3) is 0 Å². The molecule has 2 rings (SSSR count). The van der Waals surface area contributed by atoms with Crippen molar-refractivity contribution in [3.05, 3.63) is 77.9 Å². The number of benzene rings is 2. The van der Waals surface area contributed by atoms with Crippen LogP contribution in [0, 0.1) is 5.92 Å². The minimum absolute atomic E-state index is 0.181. The van der Waals surface area contributed by atoms with Crippen LogP contribution in [0.4, 0.5) is 4.79 Å². The first-order chi connectivity index (χ1) is 21.7. The minimum atomic E-state index is -1.19. The van der Waals surface area contributed by atoms with Crippen molar-refractivity contribution < 1.29 is 28.7 Å². The van der Waals surface area contributed by atoms with Gasteiger partial charge in [-0.2, -0.15) is 0 Å². The maximum atomic E-state index is 14.7. The summed E-state index contributed by atoms with van der Waals surface area (Å²) in [7, 11) is 0. The van der Waals surface area contributed by atoms with E-state index in [0.717, 1.165) is 11.1 Å². The fraction of sp³-hybridized carbons (Fsp3) is 0.526. The number of hydrogen-bond acceptors (Lipinski definition) is 6. The van der Waals surface area contributed by atoms with Gasteiger partial charge in [-0.3, -0.25) is 9.59 Å². The van der Waals surface area contributed by atoms with E-state index in [2.05, 4.69) is 17.2 Å². The van der Waals surface area contributed by atoms with E-state index in [-0.39, 0.29) is 12.3 Å². The number of esters is 1. The van der Waals surface area contributed by atoms with Crippen LogP contribution in [0.25, 0.3) is 6.08 Å². The standard InChI is InChI=1S/C38H55N3O6/c1-13-25(3)30(40-35(45)47-38(10,11)12)33(43)41(36(4,5)6)31(28-22-18-21-26(14-2)23-28)32(42)39-29(34(44)46-37(7,8)9)24-27-19-16-15-17-20-27/h14-23,25,29-31H,2,13,24H2,1,3-12H3,(H,39,42)(H,40,45). The fourth-order valence-electron chi connectivity index (χ4n) is 5.05. The molecule has 0 radical (unpaired) electrons. The average molecular weight is 650 g/mol. The summed E-state index contributed by atoms with van der Waals surface area (Å²) in [5.74, 6) is -1.91. The Hall–Kier alpha value is -4.14. The number of alkyl carbamates (subject to hydrolysis) is 1. The van der Waals surface area contributed by atoms with E-state index in [9.17, 15) is 19.2 Å². The number of nitrogens with one attached hydrogen (secondary N) is 2. The monoisotopic (exact) mass is 649 g/mol. The lowest BCUT2D eigenvalue weighted by Gasteiger charge is -2.44. The molecule has 258 valence electrons. The molecule has 9 heteroatoms. The molecule has 0 aliphatic heterocycles. The molecule has 0 aliphatic carbocycles. The summed E-state index contributed by atoms with van der Waals surface area (Å²) in [6, 6.07) is 13.3. The molecule has 47 heavy (non-hydrogen) atoms. The van der Waals surface area contributed by atoms with Crippen LogP contribution in [0.5, 0.6) is 0 Å². The number of carbonyl (C=O) groups is 4. The Labute approximate surface area is 281 Å². The van der Waals surface area contributed by atoms with Crippen molar-refractivity contribution in [2.75, 3.05) is 0 Å². The Morgan fingerprint density at radius 3 is 1.96 bits per heavy atom. The molecule has 0 saturated carbocycles. The van der Waals surface area contributed by atoms with Crippen LogP contribution < -0.4 is 10.6 Å². The van der Waals surface area contributed by atoms with E-state index < -0.39 is 58.7 Å². The third kappa shape index (κ3) is 12.2. The molecule has 0 heterocycles. The molecule has 4 atom stereocenters. The molecule has 3 amide bonds. The van der Waals surface area contributed by atoms with Crippen LogP contribution in [0.15, 0.2) is 61.2 Å². The van der Waals surface area contributed by atoms with E-state index in [0.29, 0.717) is 12.0 Å². The van der Waals surface area contributed by atoms with Gasteiger partial charge in [0.1, 0.15) is 29.3 Å². The number of rotatable bonds is 12. The quantitative estimate of drug-likeness (QED) is 0.239. The average Bonchev–Trinajstić information content (AvgIpc) is 2.95. The highest BCUT2D eigenvalue weighted by atomic mass is 16.6. The van der Waals surface area contributed by atoms with Crippen molar-refractivity contribution in [3.63, 3.8) is 0 Å². The highest BCUT2D eigenvalue weighted by molar-refractivity contribution is 5.94. The first-order valence-corrected chi connectivity index (χ1v) is 16.3. The molecule has 0 spiro atoms. The highest BCUT2D eigenvalue weighted by Crippen LogP contribution is 2.32. The van der Waals surface area contributed by atoms with Crippen LogP contribution in [0.3, 0.4) is 0 Å². The summed E-state index contributed by atoms with van der Waals surface area (Å²) in [6.45, 7) is 23.7. The second-order valence-corrected chi connectivity index (χ2v) is 14.9. The van der Waals surface area contributed by atoms with Gasteiger partial charge in [-0.15, -0.1) is 0 Å². The molecule has 2 aromatic carbocycles. The number of amides is 3. The van der Waals surface area contributed by atoms with Crippen LogP contribution in [0.2, 0.25) is 0 Å². The van der Waals surface area contributed by atoms with Gasteiger partial charge in [-0.25, -0.2) is 9.59 Å². The first-order valence-electron chi connectivity index (χ1n) is 16.3. The van der Waals surface area contributed by atoms with Crippen molar-refractivity contribution in [2.45, 2.75) is 124 Å². The SMILES string of the molecule is C=Cc1cccc(C(C(=O)NC(Cc2ccccc2)C(=O)OC(C)(C)C)N(C(=O)C(NC(=O)OC(C)(C)C)C(C)CC)C(C)(C)C)c1. The Morgan fingerprint density at radius 2 is 1.45 bits per heavy atom. The predicted octanol–water partition coefficient (Wildman–Crippen LogP) is 7.01. The van der Waals surface area contributed by atoms with Crippen LogP contribution in [0.1, 0.15) is 105 Å². The molecule has 4 unspecified atom stereocenters. The van der Waals surface area contributed by atoms with E-state index in [1.54, 1.807) is 65.8 Å². The molecule has 9 nitrogen and oxygen atoms in total. The van der Waals surface area contributed by atoms with Gasteiger partial charge >= 0.3 is 12.1 Å². The fourth-order valence-corrected chi connectivity index (χ4v) is 5.05. The Balaban J connectivity index is 2.71. The van der Waals surface area contributed by atoms with Crippen molar-refractivity contribution >= 4 is 30.0 Å². The second-order valence-electron chi connectivity index (χ2n) is 14.9. The van der Waals surface area contributed by atoms with E-state index in [4.69, 9.17) is 9.47 Å². The summed E-state index contributed by atoms with van der Waals surface area (Å²) in [5.41, 5.74) is -0.383. The van der Waals surface area contributed by atoms with Crippen molar-refractivity contribution in [2.24, 2.45) is 5.92 Å². The molecular weight excluding hydrogens is 594 g/mol. The normalized spacial score (nSPS) is 14.5. The van der Waals surface area contributed by atoms with Crippen LogP contribution in [-0.4, -0.2) is 57.6 Å². The molecule has 0 aliphatic rings. The zero-order valence-corrected chi connectivity index (χ0v) is 30.1. The highest BCUT2D eigenvalue weighted by Gasteiger charge is 2.44. The maximum absolute atomic E-state index is 14.7. The topological polar surface area (TPSA) is 114 Å². The zero-order chi connectivity index (χ0) is 35.7. The second kappa shape index (κ2) is 16.1. The number of ether oxygens (including phenoxy) is 2. The smallest absolute Gasteiger partial charge is 0.408 e. The van der Waals surface area contributed by atoms with E-state index in [1.807, 2.05) is 71.0 Å². The predicted molar refractivity (Wildman–Crippen MR) is 186 cm³/mol. The Kier molecular flexibility index (Phi) is 13.4. The lowest BCUT2D eigenvalue weighted by Crippen LogP contribution is -2.61. The van der Waals surface area contributed by atoms with Crippen molar-refractivity contribution in [1.29, 1.82) is 0 Å². The summed E-state index contributed by atoms with van der Waals surface area (Å²) >= 11 is 0. The first kappa shape index (κ1) is 39.0. The lowest BCUT2D eigenvalue weighted by atomic mass is 9.91. The summed E-state index contributed by atoms with van der Waals surface area (Å²) in [6.07, 6.45) is 1.69. The van der Waals surface area contributed by atoms with Crippen LogP contribution >= 0.6 is 0 Å². The molecule has 0 saturated heterocycles. The molecule has 0 aromatic heterocycles. The molecular formula is C38H55N3O6. The summed E-state index contributed by atoms with van der Waals surface area (Å²) in [5, 5.41) is 5.73. The largest absolute Gasteiger partial charge is 0.458 e. The van der Waals surface area contributed by atoms with E-state index in [1.165, 1.54) is 4.90 Å². The number of carbonyl (C=O) groups excluding carboxylic acids is 4. The van der Waals surface area contributed by atoms with Crippen molar-refractivity contribution in [1.82, 2.24) is 15.5 Å². The number of nitrogens with zero attached hydrogens (tertiary/aromatic N) is 1. The van der Waals surface area contributed by atoms with Gasteiger partial charge in [0.2, 0.25) is 11.8 Å². The van der Waals surface area contributed by atoms with Crippen molar-refractivity contribution in [3.8, 4) is 0 Å². The van der Waals surface area contributed by atoms with E-state index >= 15 is 0 Å². The third-order valence-corrected chi connectivity index (χ3v) is 7.37. The third-order valence-electron chi connectivity index (χ3n) is 7.37. The van der Waals surface area contributed by atoms with Gasteiger partial charge in [0.15, 0.2) is 0 Å². The molecule has 2 N–H and O–H groups in total. The van der Waals surface area contributed by atoms with Gasteiger partial charge in [-0.1, -0.05) is 81.5 Å². The molecule has 0 fully saturated rings. The van der Waals surface area contributed by atoms with Crippen LogP contribution in [-0.2, 0) is 30.3 Å². The number of hydrogen-bond donors (Lipinski definition) is 2. The summed E-state index contributed by atoms with van der Waals surface area (Å²) < 4.78 is 11.2. The van der Waals surface area contributed by atoms with Gasteiger partial charge < -0.3 is 25.0 Å². The summed E-state index contributed by atoms with van der Waals surface area (Å²) in [4.78, 5) is 57.4. The zero-order valence-electron chi connectivity index (χ0n) is 30.1. The van der Waals surface area contributed by atoms with Gasteiger partial charge in [0.05, 0.1) is 0 Å². The van der Waals surface area contributed by atoms with Gasteiger partial charge in [-0.05, 0) is 91.0 Å².